The van der Waals surface area contributed by atoms with Crippen LogP contribution in [0.2, 0.25) is 0 Å². The van der Waals surface area contributed by atoms with Gasteiger partial charge in [0, 0.05) is 50.9 Å². The molecule has 2 saturated heterocycles. The summed E-state index contributed by atoms with van der Waals surface area (Å²) in [7, 11) is 3.75. The van der Waals surface area contributed by atoms with E-state index in [1.165, 1.54) is 11.3 Å². The van der Waals surface area contributed by atoms with Crippen LogP contribution in [0.15, 0.2) is 35.8 Å². The Bertz CT molecular complexity index is 1380. The van der Waals surface area contributed by atoms with Gasteiger partial charge in [-0.25, -0.2) is 4.98 Å². The fraction of sp³-hybridized carbons (Fsp3) is 0.407. The van der Waals surface area contributed by atoms with E-state index in [9.17, 15) is 9.59 Å². The Morgan fingerprint density at radius 3 is 2.64 bits per heavy atom. The third kappa shape index (κ3) is 5.27. The van der Waals surface area contributed by atoms with Crippen molar-refractivity contribution in [3.63, 3.8) is 0 Å². The number of amides is 2. The fourth-order valence-corrected chi connectivity index (χ4v) is 6.12. The monoisotopic (exact) mass is 548 g/mol. The summed E-state index contributed by atoms with van der Waals surface area (Å²) in [6.45, 7) is 5.95. The number of piperazine rings is 1. The molecule has 3 N–H and O–H groups in total. The molecule has 3 aromatic rings. The van der Waals surface area contributed by atoms with Crippen LogP contribution in [0.1, 0.15) is 32.9 Å². The molecule has 5 heterocycles. The summed E-state index contributed by atoms with van der Waals surface area (Å²) in [5, 5.41) is 11.1. The Labute approximate surface area is 231 Å². The second kappa shape index (κ2) is 10.8. The van der Waals surface area contributed by atoms with Gasteiger partial charge in [0.05, 0.1) is 24.7 Å². The third-order valence-corrected chi connectivity index (χ3v) is 8.58. The topological polar surface area (TPSA) is 115 Å². The molecular weight excluding hydrogens is 516 g/mol. The van der Waals surface area contributed by atoms with Gasteiger partial charge in [-0.15, -0.1) is 11.3 Å². The zero-order chi connectivity index (χ0) is 26.9. The highest BCUT2D eigenvalue weighted by atomic mass is 32.1. The summed E-state index contributed by atoms with van der Waals surface area (Å²) in [5.41, 5.74) is 2.43. The molecular formula is C27H32N8O3S. The van der Waals surface area contributed by atoms with Crippen molar-refractivity contribution < 1.29 is 14.3 Å². The number of rotatable bonds is 5. The number of piperidine rings is 1. The number of carbonyl (C=O) groups is 2. The van der Waals surface area contributed by atoms with E-state index >= 15 is 0 Å². The molecule has 2 fully saturated rings. The van der Waals surface area contributed by atoms with Gasteiger partial charge in [0.15, 0.2) is 5.82 Å². The van der Waals surface area contributed by atoms with Crippen molar-refractivity contribution in [2.45, 2.75) is 18.9 Å². The maximum Gasteiger partial charge on any atom is 0.268 e. The van der Waals surface area contributed by atoms with Crippen LogP contribution >= 0.6 is 11.3 Å². The number of hydrogen-bond acceptors (Lipinski definition) is 10. The van der Waals surface area contributed by atoms with Crippen molar-refractivity contribution in [2.75, 3.05) is 69.4 Å². The first kappa shape index (κ1) is 25.5. The van der Waals surface area contributed by atoms with Crippen LogP contribution < -0.4 is 20.7 Å². The van der Waals surface area contributed by atoms with Gasteiger partial charge in [-0.05, 0) is 49.5 Å². The molecule has 12 heteroatoms. The van der Waals surface area contributed by atoms with Crippen LogP contribution in [-0.2, 0) is 0 Å². The highest BCUT2D eigenvalue weighted by Gasteiger charge is 2.29. The Hall–Kier alpha value is -3.74. The number of hydrogen-bond donors (Lipinski definition) is 3. The lowest BCUT2D eigenvalue weighted by atomic mass is 10.0. The van der Waals surface area contributed by atoms with Gasteiger partial charge in [0.1, 0.15) is 16.3 Å². The second-order valence-electron chi connectivity index (χ2n) is 10.1. The minimum atomic E-state index is -0.193. The molecule has 0 aliphatic carbocycles. The van der Waals surface area contributed by atoms with Crippen LogP contribution in [0.3, 0.4) is 0 Å². The van der Waals surface area contributed by atoms with Crippen LogP contribution in [-0.4, -0.2) is 95.9 Å². The van der Waals surface area contributed by atoms with Crippen molar-refractivity contribution in [1.82, 2.24) is 24.7 Å². The molecule has 0 atom stereocenters. The Morgan fingerprint density at radius 1 is 1.08 bits per heavy atom. The summed E-state index contributed by atoms with van der Waals surface area (Å²) in [4.78, 5) is 42.2. The third-order valence-electron chi connectivity index (χ3n) is 7.66. The number of likely N-dealkylation sites (tertiary alicyclic amines) is 1. The average molecular weight is 549 g/mol. The predicted molar refractivity (Wildman–Crippen MR) is 152 cm³/mol. The first-order valence-corrected chi connectivity index (χ1v) is 14.1. The van der Waals surface area contributed by atoms with Crippen LogP contribution in [0.5, 0.6) is 5.75 Å². The molecule has 0 radical (unpaired) electrons. The quantitative estimate of drug-likeness (QED) is 0.441. The van der Waals surface area contributed by atoms with E-state index in [1.807, 2.05) is 22.4 Å². The normalized spacial score (nSPS) is 18.4. The molecule has 0 unspecified atom stereocenters. The summed E-state index contributed by atoms with van der Waals surface area (Å²) in [6, 6.07) is 7.77. The maximum absolute atomic E-state index is 13.3. The summed E-state index contributed by atoms with van der Waals surface area (Å²) in [6.07, 6.45) is 3.56. The smallest absolute Gasteiger partial charge is 0.268 e. The maximum atomic E-state index is 13.3. The van der Waals surface area contributed by atoms with Gasteiger partial charge in [-0.2, -0.15) is 4.98 Å². The minimum absolute atomic E-state index is 0.0180. The van der Waals surface area contributed by atoms with Crippen LogP contribution in [0.25, 0.3) is 0 Å². The number of aromatic nitrogens is 2. The molecule has 2 aromatic heterocycles. The lowest BCUT2D eigenvalue weighted by Gasteiger charge is -2.42. The van der Waals surface area contributed by atoms with Crippen LogP contribution in [0.4, 0.5) is 28.8 Å². The molecule has 1 aromatic carbocycles. The number of nitrogens with one attached hydrogen (secondary N) is 3. The van der Waals surface area contributed by atoms with Gasteiger partial charge in [-0.1, -0.05) is 0 Å². The molecule has 11 nitrogen and oxygen atoms in total. The Kier molecular flexibility index (Phi) is 7.07. The van der Waals surface area contributed by atoms with Crippen molar-refractivity contribution in [1.29, 1.82) is 0 Å². The molecule has 0 spiro atoms. The van der Waals surface area contributed by atoms with Gasteiger partial charge in [-0.3, -0.25) is 14.5 Å². The molecule has 39 heavy (non-hydrogen) atoms. The van der Waals surface area contributed by atoms with Gasteiger partial charge in [0.25, 0.3) is 11.8 Å². The van der Waals surface area contributed by atoms with Crippen molar-refractivity contribution >= 4 is 52.0 Å². The summed E-state index contributed by atoms with van der Waals surface area (Å²) >= 11 is 1.36. The number of nitrogens with zero attached hydrogens (tertiary/aromatic N) is 5. The summed E-state index contributed by atoms with van der Waals surface area (Å²) < 4.78 is 5.61. The fourth-order valence-electron chi connectivity index (χ4n) is 5.37. The summed E-state index contributed by atoms with van der Waals surface area (Å²) in [5.74, 6) is 1.17. The molecule has 6 rings (SSSR count). The number of fused-ring (bicyclic) bond motifs is 2. The lowest BCUT2D eigenvalue weighted by Crippen LogP contribution is -2.52. The van der Waals surface area contributed by atoms with Gasteiger partial charge in [0.2, 0.25) is 5.95 Å². The standard InChI is InChI=1S/C27H32N8O3S/c1-33-10-12-34(13-11-33)18-5-8-35(9-6-18)26(37)17-3-4-19(22(15-17)38-2)31-27-28-16-21-24(32-27)29-20-7-14-39-23(20)25(36)30-21/h3-4,7,14-16,18H,5-6,8-13H2,1-2H3,(H,30,36)(H2,28,29,31,32). The SMILES string of the molecule is COc1cc(C(=O)N2CCC(N3CCN(C)CC3)CC2)ccc1Nc1ncc2c(n1)Nc1ccsc1C(=O)N2. The Balaban J connectivity index is 1.12. The first-order valence-electron chi connectivity index (χ1n) is 13.2. The largest absolute Gasteiger partial charge is 0.495 e. The minimum Gasteiger partial charge on any atom is -0.495 e. The number of methoxy groups -OCH3 is 1. The number of thiophene rings is 1. The first-order chi connectivity index (χ1) is 19.0. The molecule has 3 aliphatic rings. The van der Waals surface area contributed by atoms with E-state index in [0.717, 1.165) is 52.1 Å². The van der Waals surface area contributed by atoms with E-state index in [2.05, 4.69) is 42.8 Å². The zero-order valence-corrected chi connectivity index (χ0v) is 22.9. The molecule has 204 valence electrons. The van der Waals surface area contributed by atoms with E-state index in [1.54, 1.807) is 25.4 Å². The Morgan fingerprint density at radius 2 is 1.87 bits per heavy atom. The second-order valence-corrected chi connectivity index (χ2v) is 11.0. The zero-order valence-electron chi connectivity index (χ0n) is 22.1. The average Bonchev–Trinajstić information content (AvgIpc) is 3.38. The number of ether oxygens (including phenoxy) is 1. The van der Waals surface area contributed by atoms with Gasteiger partial charge >= 0.3 is 0 Å². The number of carbonyl (C=O) groups excluding carboxylic acids is 2. The van der Waals surface area contributed by atoms with Crippen molar-refractivity contribution in [3.8, 4) is 5.75 Å². The van der Waals surface area contributed by atoms with Crippen LogP contribution in [0, 0.1) is 0 Å². The number of likely N-dealkylation sites (N-methyl/N-ethyl adjacent to an activating group) is 1. The number of benzene rings is 1. The highest BCUT2D eigenvalue weighted by molar-refractivity contribution is 7.12. The number of anilines is 5. The molecule has 0 bridgehead atoms. The van der Waals surface area contributed by atoms with Crippen molar-refractivity contribution in [3.05, 3.63) is 46.3 Å². The van der Waals surface area contributed by atoms with E-state index in [4.69, 9.17) is 4.74 Å². The molecule has 2 amide bonds. The highest BCUT2D eigenvalue weighted by Crippen LogP contribution is 2.35. The van der Waals surface area contributed by atoms with E-state index in [0.29, 0.717) is 51.1 Å². The van der Waals surface area contributed by atoms with Gasteiger partial charge < -0.3 is 30.5 Å². The van der Waals surface area contributed by atoms with Crippen molar-refractivity contribution in [2.24, 2.45) is 0 Å². The molecule has 3 aliphatic heterocycles. The predicted octanol–water partition coefficient (Wildman–Crippen LogP) is 3.45. The molecule has 0 saturated carbocycles. The lowest BCUT2D eigenvalue weighted by molar-refractivity contribution is 0.0518. The van der Waals surface area contributed by atoms with E-state index in [-0.39, 0.29) is 11.8 Å². The van der Waals surface area contributed by atoms with E-state index < -0.39 is 0 Å².